The number of nitrogens with zero attached hydrogens (tertiary/aromatic N) is 4. The van der Waals surface area contributed by atoms with Gasteiger partial charge in [0.05, 0.1) is 16.8 Å². The second-order valence-electron chi connectivity index (χ2n) is 9.27. The summed E-state index contributed by atoms with van der Waals surface area (Å²) < 4.78 is 32.7. The highest BCUT2D eigenvalue weighted by molar-refractivity contribution is 7.89. The number of nitrogens with one attached hydrogen (secondary N) is 1. The molecule has 1 saturated heterocycles. The Bertz CT molecular complexity index is 1220. The molecule has 1 atom stereocenters. The standard InChI is InChI=1S/C26H33N5O5S/c1-20(19-36-2)29-15-17-30(18-16-29)24-7-3-21(4-8-24)22-5-9-25(10-6-22)37(34,35)31-13-11-23(12-14-31)26(32)27-28-33/h3-11,20H,12-19H2,1-2H3,(H,27,32,33). The molecule has 0 aliphatic carbocycles. The minimum absolute atomic E-state index is 0.0622. The van der Waals surface area contributed by atoms with Gasteiger partial charge in [0.2, 0.25) is 10.0 Å². The van der Waals surface area contributed by atoms with Crippen molar-refractivity contribution in [1.82, 2.24) is 14.6 Å². The fourth-order valence-electron chi connectivity index (χ4n) is 4.79. The van der Waals surface area contributed by atoms with Crippen molar-refractivity contribution in [3.63, 3.8) is 0 Å². The Kier molecular flexibility index (Phi) is 8.70. The van der Waals surface area contributed by atoms with E-state index in [0.29, 0.717) is 11.6 Å². The van der Waals surface area contributed by atoms with Crippen molar-refractivity contribution in [2.45, 2.75) is 24.3 Å². The lowest BCUT2D eigenvalue weighted by Gasteiger charge is -2.39. The summed E-state index contributed by atoms with van der Waals surface area (Å²) >= 11 is 0. The van der Waals surface area contributed by atoms with Crippen molar-refractivity contribution in [2.24, 2.45) is 5.29 Å². The number of piperazine rings is 1. The second kappa shape index (κ2) is 12.0. The molecule has 0 bridgehead atoms. The number of nitroso groups, excluding NO2 is 1. The molecule has 11 heteroatoms. The van der Waals surface area contributed by atoms with Gasteiger partial charge in [-0.1, -0.05) is 30.3 Å². The summed E-state index contributed by atoms with van der Waals surface area (Å²) in [6, 6.07) is 15.6. The van der Waals surface area contributed by atoms with E-state index in [4.69, 9.17) is 4.74 Å². The molecule has 0 radical (unpaired) electrons. The van der Waals surface area contributed by atoms with Crippen LogP contribution in [-0.2, 0) is 19.6 Å². The first kappa shape index (κ1) is 26.9. The van der Waals surface area contributed by atoms with E-state index in [2.05, 4.69) is 46.3 Å². The van der Waals surface area contributed by atoms with Crippen molar-refractivity contribution in [2.75, 3.05) is 57.9 Å². The molecule has 0 spiro atoms. The molecule has 2 aliphatic heterocycles. The van der Waals surface area contributed by atoms with Gasteiger partial charge in [0.1, 0.15) is 0 Å². The van der Waals surface area contributed by atoms with Gasteiger partial charge >= 0.3 is 0 Å². The maximum atomic E-state index is 13.1. The monoisotopic (exact) mass is 527 g/mol. The van der Waals surface area contributed by atoms with Crippen LogP contribution in [-0.4, -0.2) is 82.6 Å². The molecule has 4 rings (SSSR count). The molecule has 0 saturated carbocycles. The van der Waals surface area contributed by atoms with E-state index in [0.717, 1.165) is 43.9 Å². The molecule has 10 nitrogen and oxygen atoms in total. The minimum Gasteiger partial charge on any atom is -0.383 e. The normalized spacial score (nSPS) is 18.2. The van der Waals surface area contributed by atoms with Crippen LogP contribution in [0, 0.1) is 4.91 Å². The van der Waals surface area contributed by atoms with Crippen LogP contribution >= 0.6 is 0 Å². The third-order valence-electron chi connectivity index (χ3n) is 7.01. The van der Waals surface area contributed by atoms with Crippen LogP contribution in [0.25, 0.3) is 11.1 Å². The zero-order chi connectivity index (χ0) is 26.4. The largest absolute Gasteiger partial charge is 0.383 e. The number of hydrogen-bond acceptors (Lipinski definition) is 8. The topological polar surface area (TPSA) is 112 Å². The van der Waals surface area contributed by atoms with Gasteiger partial charge in [-0.05, 0) is 48.7 Å². The van der Waals surface area contributed by atoms with Crippen LogP contribution in [0.2, 0.25) is 0 Å². The molecule has 2 aromatic carbocycles. The fraction of sp³-hybridized carbons (Fsp3) is 0.423. The first-order valence-corrected chi connectivity index (χ1v) is 13.8. The van der Waals surface area contributed by atoms with E-state index in [1.807, 2.05) is 17.6 Å². The van der Waals surface area contributed by atoms with Crippen LogP contribution in [0.5, 0.6) is 0 Å². The smallest absolute Gasteiger partial charge is 0.269 e. The quantitative estimate of drug-likeness (QED) is 0.394. The lowest BCUT2D eigenvalue weighted by atomic mass is 10.1. The number of carbonyl (C=O) groups is 1. The number of anilines is 1. The van der Waals surface area contributed by atoms with E-state index < -0.39 is 15.9 Å². The molecule has 198 valence electrons. The van der Waals surface area contributed by atoms with E-state index in [1.165, 1.54) is 16.1 Å². The Morgan fingerprint density at radius 1 is 1.00 bits per heavy atom. The molecule has 1 unspecified atom stereocenters. The zero-order valence-corrected chi connectivity index (χ0v) is 22.0. The van der Waals surface area contributed by atoms with Gasteiger partial charge < -0.3 is 9.64 Å². The number of ether oxygens (including phenoxy) is 1. The fourth-order valence-corrected chi connectivity index (χ4v) is 6.17. The summed E-state index contributed by atoms with van der Waals surface area (Å²) in [7, 11) is -1.97. The van der Waals surface area contributed by atoms with E-state index in [1.54, 1.807) is 19.2 Å². The number of amides is 1. The molecule has 1 amide bonds. The van der Waals surface area contributed by atoms with Gasteiger partial charge in [0.25, 0.3) is 5.91 Å². The predicted octanol–water partition coefficient (Wildman–Crippen LogP) is 2.63. The molecule has 1 fully saturated rings. The zero-order valence-electron chi connectivity index (χ0n) is 21.2. The average Bonchev–Trinajstić information content (AvgIpc) is 2.94. The summed E-state index contributed by atoms with van der Waals surface area (Å²) in [5.41, 5.74) is 5.32. The van der Waals surface area contributed by atoms with Crippen molar-refractivity contribution in [1.29, 1.82) is 0 Å². The SMILES string of the molecule is COCC(C)N1CCN(c2ccc(-c3ccc(S(=O)(=O)N4CC=C(C(=O)NN=O)CC4)cc3)cc2)CC1. The molecule has 2 heterocycles. The number of benzene rings is 2. The molecule has 1 N–H and O–H groups in total. The molecular weight excluding hydrogens is 494 g/mol. The van der Waals surface area contributed by atoms with Crippen molar-refractivity contribution >= 4 is 21.6 Å². The summed E-state index contributed by atoms with van der Waals surface area (Å²) in [4.78, 5) is 27.0. The van der Waals surface area contributed by atoms with Gasteiger partial charge in [-0.15, -0.1) is 4.91 Å². The summed E-state index contributed by atoms with van der Waals surface area (Å²) in [6.07, 6.45) is 1.73. The first-order chi connectivity index (χ1) is 17.8. The van der Waals surface area contributed by atoms with Crippen LogP contribution in [0.3, 0.4) is 0 Å². The second-order valence-corrected chi connectivity index (χ2v) is 11.2. The van der Waals surface area contributed by atoms with Gasteiger partial charge in [0, 0.05) is 63.7 Å². The Hall–Kier alpha value is -3.12. The molecule has 2 aliphatic rings. The third kappa shape index (κ3) is 6.24. The molecular formula is C26H33N5O5S. The summed E-state index contributed by atoms with van der Waals surface area (Å²) in [6.45, 7) is 7.08. The average molecular weight is 528 g/mol. The van der Waals surface area contributed by atoms with Gasteiger partial charge in [-0.2, -0.15) is 4.31 Å². The van der Waals surface area contributed by atoms with Crippen LogP contribution in [0.1, 0.15) is 13.3 Å². The highest BCUT2D eigenvalue weighted by Gasteiger charge is 2.28. The number of methoxy groups -OCH3 is 1. The van der Waals surface area contributed by atoms with Crippen LogP contribution in [0.15, 0.2) is 70.4 Å². The highest BCUT2D eigenvalue weighted by Crippen LogP contribution is 2.27. The van der Waals surface area contributed by atoms with Gasteiger partial charge in [0.15, 0.2) is 0 Å². The third-order valence-corrected chi connectivity index (χ3v) is 8.89. The Morgan fingerprint density at radius 2 is 1.62 bits per heavy atom. The summed E-state index contributed by atoms with van der Waals surface area (Å²) in [5.74, 6) is -0.596. The maximum absolute atomic E-state index is 13.1. The lowest BCUT2D eigenvalue weighted by Crippen LogP contribution is -2.50. The summed E-state index contributed by atoms with van der Waals surface area (Å²) in [5, 5.41) is 2.37. The lowest BCUT2D eigenvalue weighted by molar-refractivity contribution is -0.117. The van der Waals surface area contributed by atoms with E-state index in [9.17, 15) is 18.1 Å². The molecule has 0 aromatic heterocycles. The molecule has 2 aromatic rings. The highest BCUT2D eigenvalue weighted by atomic mass is 32.2. The van der Waals surface area contributed by atoms with E-state index in [-0.39, 0.29) is 24.4 Å². The van der Waals surface area contributed by atoms with Crippen molar-refractivity contribution in [3.8, 4) is 11.1 Å². The van der Waals surface area contributed by atoms with Crippen LogP contribution < -0.4 is 10.3 Å². The maximum Gasteiger partial charge on any atom is 0.269 e. The number of rotatable bonds is 9. The Balaban J connectivity index is 1.37. The number of sulfonamides is 1. The van der Waals surface area contributed by atoms with E-state index >= 15 is 0 Å². The first-order valence-electron chi connectivity index (χ1n) is 12.3. The van der Waals surface area contributed by atoms with Crippen molar-refractivity contribution < 1.29 is 17.9 Å². The Labute approximate surface area is 217 Å². The van der Waals surface area contributed by atoms with Gasteiger partial charge in [-0.25, -0.2) is 13.8 Å². The van der Waals surface area contributed by atoms with Crippen molar-refractivity contribution in [3.05, 3.63) is 65.1 Å². The van der Waals surface area contributed by atoms with Crippen LogP contribution in [0.4, 0.5) is 5.69 Å². The predicted molar refractivity (Wildman–Crippen MR) is 142 cm³/mol. The molecule has 37 heavy (non-hydrogen) atoms. The van der Waals surface area contributed by atoms with Gasteiger partial charge in [-0.3, -0.25) is 9.69 Å². The minimum atomic E-state index is -3.70. The number of hydrogen-bond donors (Lipinski definition) is 1. The Morgan fingerprint density at radius 3 is 2.16 bits per heavy atom. The number of carbonyl (C=O) groups excluding carboxylic acids is 1.